The first-order chi connectivity index (χ1) is 8.60. The molecule has 1 aromatic carbocycles. The van der Waals surface area contributed by atoms with Gasteiger partial charge in [-0.25, -0.2) is 4.79 Å². The molecule has 0 radical (unpaired) electrons. The fraction of sp³-hybridized carbons (Fsp3) is 0.385. The maximum absolute atomic E-state index is 11.3. The van der Waals surface area contributed by atoms with Gasteiger partial charge in [0.1, 0.15) is 11.5 Å². The van der Waals surface area contributed by atoms with Gasteiger partial charge < -0.3 is 15.2 Å². The molecular weight excluding hydrogens is 232 g/mol. The molecular formula is C13H18N2O3. The number of esters is 1. The molecule has 0 heterocycles. The highest BCUT2D eigenvalue weighted by Gasteiger charge is 2.18. The van der Waals surface area contributed by atoms with Gasteiger partial charge in [0.25, 0.3) is 0 Å². The monoisotopic (exact) mass is 250 g/mol. The normalized spacial score (nSPS) is 11.7. The number of hydrogen-bond donors (Lipinski definition) is 2. The summed E-state index contributed by atoms with van der Waals surface area (Å²) in [5.41, 5.74) is 6.62. The lowest BCUT2D eigenvalue weighted by atomic mass is 10.0. The second kappa shape index (κ2) is 6.76. The van der Waals surface area contributed by atoms with E-state index in [0.29, 0.717) is 5.75 Å². The molecule has 0 aromatic heterocycles. The number of rotatable bonds is 6. The highest BCUT2D eigenvalue weighted by molar-refractivity contribution is 6.35. The molecule has 0 saturated carbocycles. The minimum absolute atomic E-state index is 0.124. The van der Waals surface area contributed by atoms with E-state index in [1.54, 1.807) is 20.1 Å². The van der Waals surface area contributed by atoms with Crippen LogP contribution in [-0.4, -0.2) is 25.4 Å². The van der Waals surface area contributed by atoms with Gasteiger partial charge in [0, 0.05) is 18.0 Å². The summed E-state index contributed by atoms with van der Waals surface area (Å²) < 4.78 is 9.94. The Hall–Kier alpha value is -1.88. The maximum Gasteiger partial charge on any atom is 0.351 e. The van der Waals surface area contributed by atoms with Crippen LogP contribution in [0.1, 0.15) is 24.9 Å². The molecule has 1 atom stereocenters. The van der Waals surface area contributed by atoms with E-state index in [-0.39, 0.29) is 18.7 Å². The molecule has 0 spiro atoms. The van der Waals surface area contributed by atoms with E-state index in [2.05, 4.69) is 0 Å². The van der Waals surface area contributed by atoms with Crippen LogP contribution in [0, 0.1) is 5.41 Å². The Balaban J connectivity index is 2.73. The van der Waals surface area contributed by atoms with Crippen LogP contribution < -0.4 is 10.5 Å². The van der Waals surface area contributed by atoms with Crippen molar-refractivity contribution in [3.05, 3.63) is 29.8 Å². The van der Waals surface area contributed by atoms with Crippen LogP contribution in [0.15, 0.2) is 24.3 Å². The van der Waals surface area contributed by atoms with Crippen LogP contribution in [0.2, 0.25) is 0 Å². The van der Waals surface area contributed by atoms with E-state index in [9.17, 15) is 4.79 Å². The zero-order valence-corrected chi connectivity index (χ0v) is 10.6. The first-order valence-corrected chi connectivity index (χ1v) is 5.73. The highest BCUT2D eigenvalue weighted by Crippen LogP contribution is 2.25. The summed E-state index contributed by atoms with van der Waals surface area (Å²) in [6.07, 6.45) is 0.124. The lowest BCUT2D eigenvalue weighted by molar-refractivity contribution is -0.135. The standard InChI is InChI=1S/C13H18N2O3/c1-3-18-13(16)11(15)8-10(14)9-6-4-5-7-12(9)17-2/h4-7,10,15H,3,8,14H2,1-2H3. The number of ether oxygens (including phenoxy) is 2. The summed E-state index contributed by atoms with van der Waals surface area (Å²) in [6, 6.07) is 6.83. The van der Waals surface area contributed by atoms with Crippen molar-refractivity contribution in [2.24, 2.45) is 5.73 Å². The first kappa shape index (κ1) is 14.2. The van der Waals surface area contributed by atoms with Gasteiger partial charge in [-0.1, -0.05) is 18.2 Å². The van der Waals surface area contributed by atoms with Gasteiger partial charge in [0.15, 0.2) is 0 Å². The molecule has 5 nitrogen and oxygen atoms in total. The van der Waals surface area contributed by atoms with E-state index >= 15 is 0 Å². The van der Waals surface area contributed by atoms with Crippen LogP contribution in [-0.2, 0) is 9.53 Å². The summed E-state index contributed by atoms with van der Waals surface area (Å²) in [5.74, 6) is 0.0320. The van der Waals surface area contributed by atoms with Crippen molar-refractivity contribution >= 4 is 11.7 Å². The smallest absolute Gasteiger partial charge is 0.351 e. The molecule has 0 fully saturated rings. The predicted octanol–water partition coefficient (Wildman–Crippen LogP) is 1.67. The minimum Gasteiger partial charge on any atom is -0.496 e. The van der Waals surface area contributed by atoms with Crippen LogP contribution >= 0.6 is 0 Å². The average molecular weight is 250 g/mol. The van der Waals surface area contributed by atoms with Gasteiger partial charge in [0.05, 0.1) is 13.7 Å². The van der Waals surface area contributed by atoms with E-state index in [1.807, 2.05) is 18.2 Å². The van der Waals surface area contributed by atoms with Gasteiger partial charge in [-0.3, -0.25) is 5.41 Å². The van der Waals surface area contributed by atoms with Crippen LogP contribution in [0.4, 0.5) is 0 Å². The second-order valence-corrected chi connectivity index (χ2v) is 3.75. The van der Waals surface area contributed by atoms with Crippen molar-refractivity contribution in [2.75, 3.05) is 13.7 Å². The molecule has 1 rings (SSSR count). The molecule has 0 saturated heterocycles. The summed E-state index contributed by atoms with van der Waals surface area (Å²) >= 11 is 0. The third kappa shape index (κ3) is 3.56. The van der Waals surface area contributed by atoms with E-state index in [0.717, 1.165) is 5.56 Å². The number of nitrogens with two attached hydrogens (primary N) is 1. The van der Waals surface area contributed by atoms with Crippen molar-refractivity contribution in [1.82, 2.24) is 0 Å². The summed E-state index contributed by atoms with van der Waals surface area (Å²) in [5, 5.41) is 7.61. The van der Waals surface area contributed by atoms with E-state index in [1.165, 1.54) is 0 Å². The molecule has 5 heteroatoms. The van der Waals surface area contributed by atoms with Crippen molar-refractivity contribution in [1.29, 1.82) is 5.41 Å². The Morgan fingerprint density at radius 2 is 2.11 bits per heavy atom. The molecule has 0 aliphatic heterocycles. The van der Waals surface area contributed by atoms with Crippen LogP contribution in [0.3, 0.4) is 0 Å². The molecule has 1 unspecified atom stereocenters. The fourth-order valence-electron chi connectivity index (χ4n) is 1.60. The SMILES string of the molecule is CCOC(=O)C(=N)CC(N)c1ccccc1OC. The number of hydrogen-bond acceptors (Lipinski definition) is 5. The lowest BCUT2D eigenvalue weighted by Crippen LogP contribution is -2.23. The molecule has 1 aromatic rings. The Morgan fingerprint density at radius 1 is 1.44 bits per heavy atom. The Bertz CT molecular complexity index is 432. The zero-order chi connectivity index (χ0) is 13.5. The van der Waals surface area contributed by atoms with Crippen molar-refractivity contribution in [2.45, 2.75) is 19.4 Å². The zero-order valence-electron chi connectivity index (χ0n) is 10.6. The molecule has 98 valence electrons. The van der Waals surface area contributed by atoms with E-state index in [4.69, 9.17) is 20.6 Å². The fourth-order valence-corrected chi connectivity index (χ4v) is 1.60. The summed E-state index contributed by atoms with van der Waals surface area (Å²) in [6.45, 7) is 1.95. The van der Waals surface area contributed by atoms with Gasteiger partial charge in [-0.05, 0) is 13.0 Å². The van der Waals surface area contributed by atoms with Crippen molar-refractivity contribution in [3.8, 4) is 5.75 Å². The third-order valence-corrected chi connectivity index (χ3v) is 2.48. The number of carbonyl (C=O) groups excluding carboxylic acids is 1. The average Bonchev–Trinajstić information content (AvgIpc) is 2.38. The molecule has 0 aliphatic rings. The topological polar surface area (TPSA) is 85.4 Å². The van der Waals surface area contributed by atoms with Gasteiger partial charge in [-0.15, -0.1) is 0 Å². The number of nitrogens with one attached hydrogen (secondary N) is 1. The lowest BCUT2D eigenvalue weighted by Gasteiger charge is -2.15. The Morgan fingerprint density at radius 3 is 2.72 bits per heavy atom. The Kier molecular flexibility index (Phi) is 5.32. The molecule has 0 amide bonds. The number of methoxy groups -OCH3 is 1. The number of para-hydroxylation sites is 1. The van der Waals surface area contributed by atoms with Crippen molar-refractivity contribution < 1.29 is 14.3 Å². The van der Waals surface area contributed by atoms with Gasteiger partial charge >= 0.3 is 5.97 Å². The minimum atomic E-state index is -0.622. The van der Waals surface area contributed by atoms with Crippen LogP contribution in [0.5, 0.6) is 5.75 Å². The quantitative estimate of drug-likeness (QED) is 0.594. The largest absolute Gasteiger partial charge is 0.496 e. The Labute approximate surface area is 106 Å². The molecule has 0 aliphatic carbocycles. The highest BCUT2D eigenvalue weighted by atomic mass is 16.5. The second-order valence-electron chi connectivity index (χ2n) is 3.75. The predicted molar refractivity (Wildman–Crippen MR) is 68.9 cm³/mol. The molecule has 3 N–H and O–H groups in total. The first-order valence-electron chi connectivity index (χ1n) is 5.73. The third-order valence-electron chi connectivity index (χ3n) is 2.48. The van der Waals surface area contributed by atoms with Gasteiger partial charge in [0.2, 0.25) is 0 Å². The summed E-state index contributed by atoms with van der Waals surface area (Å²) in [4.78, 5) is 11.3. The molecule has 0 bridgehead atoms. The summed E-state index contributed by atoms with van der Waals surface area (Å²) in [7, 11) is 1.56. The number of benzene rings is 1. The molecule has 18 heavy (non-hydrogen) atoms. The van der Waals surface area contributed by atoms with E-state index < -0.39 is 12.0 Å². The van der Waals surface area contributed by atoms with Gasteiger partial charge in [-0.2, -0.15) is 0 Å². The maximum atomic E-state index is 11.3. The van der Waals surface area contributed by atoms with Crippen LogP contribution in [0.25, 0.3) is 0 Å². The number of carbonyl (C=O) groups is 1. The van der Waals surface area contributed by atoms with Crippen molar-refractivity contribution in [3.63, 3.8) is 0 Å².